The standard InChI is InChI=1S/C16H19BrN4/c1-18-16-13(17)14(10-4-5-10)19-15(20-16)11-6-8-12(9-7-11)21(2)3/h6-10H,4-5H2,1-3H3,(H,18,19,20). The van der Waals surface area contributed by atoms with Crippen LogP contribution in [0.1, 0.15) is 24.5 Å². The van der Waals surface area contributed by atoms with E-state index in [4.69, 9.17) is 4.98 Å². The van der Waals surface area contributed by atoms with Crippen molar-refractivity contribution in [1.29, 1.82) is 0 Å². The number of anilines is 2. The minimum Gasteiger partial charge on any atom is -0.378 e. The molecule has 1 aromatic carbocycles. The van der Waals surface area contributed by atoms with Crippen molar-refractivity contribution in [2.24, 2.45) is 0 Å². The molecule has 1 saturated carbocycles. The van der Waals surface area contributed by atoms with E-state index in [2.05, 4.69) is 55.4 Å². The van der Waals surface area contributed by atoms with Gasteiger partial charge in [0.15, 0.2) is 5.82 Å². The molecular formula is C16H19BrN4. The zero-order chi connectivity index (χ0) is 15.0. The monoisotopic (exact) mass is 346 g/mol. The van der Waals surface area contributed by atoms with Gasteiger partial charge < -0.3 is 10.2 Å². The maximum Gasteiger partial charge on any atom is 0.161 e. The van der Waals surface area contributed by atoms with Gasteiger partial charge in [-0.25, -0.2) is 9.97 Å². The van der Waals surface area contributed by atoms with Crippen molar-refractivity contribution in [2.45, 2.75) is 18.8 Å². The van der Waals surface area contributed by atoms with Gasteiger partial charge in [-0.15, -0.1) is 0 Å². The Labute approximate surface area is 133 Å². The van der Waals surface area contributed by atoms with Crippen LogP contribution in [0.15, 0.2) is 28.7 Å². The maximum atomic E-state index is 4.78. The molecule has 21 heavy (non-hydrogen) atoms. The van der Waals surface area contributed by atoms with E-state index in [-0.39, 0.29) is 0 Å². The van der Waals surface area contributed by atoms with Gasteiger partial charge in [0.25, 0.3) is 0 Å². The minimum absolute atomic E-state index is 0.578. The number of nitrogens with zero attached hydrogens (tertiary/aromatic N) is 3. The largest absolute Gasteiger partial charge is 0.378 e. The van der Waals surface area contributed by atoms with Gasteiger partial charge in [0.05, 0.1) is 10.2 Å². The zero-order valence-corrected chi connectivity index (χ0v) is 14.1. The third-order valence-electron chi connectivity index (χ3n) is 3.72. The third-order valence-corrected chi connectivity index (χ3v) is 4.50. The smallest absolute Gasteiger partial charge is 0.161 e. The SMILES string of the molecule is CNc1nc(-c2ccc(N(C)C)cc2)nc(C2CC2)c1Br. The molecule has 1 aromatic heterocycles. The first-order chi connectivity index (χ1) is 10.1. The number of halogens is 1. The number of rotatable bonds is 4. The summed E-state index contributed by atoms with van der Waals surface area (Å²) < 4.78 is 1.00. The molecule has 0 unspecified atom stereocenters. The van der Waals surface area contributed by atoms with Crippen LogP contribution in [0.3, 0.4) is 0 Å². The van der Waals surface area contributed by atoms with E-state index in [0.29, 0.717) is 5.92 Å². The number of nitrogens with one attached hydrogen (secondary N) is 1. The first kappa shape index (κ1) is 14.3. The Kier molecular flexibility index (Phi) is 3.85. The number of hydrogen-bond acceptors (Lipinski definition) is 4. The van der Waals surface area contributed by atoms with Crippen molar-refractivity contribution in [3.05, 3.63) is 34.4 Å². The van der Waals surface area contributed by atoms with Crippen molar-refractivity contribution in [3.8, 4) is 11.4 Å². The summed E-state index contributed by atoms with van der Waals surface area (Å²) >= 11 is 3.63. The van der Waals surface area contributed by atoms with Gasteiger partial charge in [-0.3, -0.25) is 0 Å². The Balaban J connectivity index is 2.03. The van der Waals surface area contributed by atoms with E-state index in [0.717, 1.165) is 27.4 Å². The highest BCUT2D eigenvalue weighted by atomic mass is 79.9. The summed E-state index contributed by atoms with van der Waals surface area (Å²) in [5, 5.41) is 3.15. The van der Waals surface area contributed by atoms with Crippen molar-refractivity contribution >= 4 is 27.4 Å². The van der Waals surface area contributed by atoms with Gasteiger partial charge in [-0.05, 0) is 53.0 Å². The van der Waals surface area contributed by atoms with Gasteiger partial charge >= 0.3 is 0 Å². The van der Waals surface area contributed by atoms with E-state index in [1.165, 1.54) is 18.5 Å². The summed E-state index contributed by atoms with van der Waals surface area (Å²) in [4.78, 5) is 11.5. The van der Waals surface area contributed by atoms with E-state index >= 15 is 0 Å². The van der Waals surface area contributed by atoms with Crippen LogP contribution >= 0.6 is 15.9 Å². The number of hydrogen-bond donors (Lipinski definition) is 1. The van der Waals surface area contributed by atoms with Crippen molar-refractivity contribution in [3.63, 3.8) is 0 Å². The normalized spacial score (nSPS) is 14.1. The van der Waals surface area contributed by atoms with Crippen LogP contribution in [-0.4, -0.2) is 31.1 Å². The van der Waals surface area contributed by atoms with Crippen LogP contribution in [0, 0.1) is 0 Å². The quantitative estimate of drug-likeness (QED) is 0.911. The molecule has 1 aliphatic rings. The van der Waals surface area contributed by atoms with Gasteiger partial charge in [-0.2, -0.15) is 0 Å². The highest BCUT2D eigenvalue weighted by Gasteiger charge is 2.29. The molecule has 0 radical (unpaired) electrons. The molecule has 0 amide bonds. The molecule has 1 heterocycles. The Bertz CT molecular complexity index is 648. The fraction of sp³-hybridized carbons (Fsp3) is 0.375. The van der Waals surface area contributed by atoms with Crippen LogP contribution in [-0.2, 0) is 0 Å². The second-order valence-corrected chi connectivity index (χ2v) is 6.35. The Morgan fingerprint density at radius 3 is 2.33 bits per heavy atom. The van der Waals surface area contributed by atoms with Gasteiger partial charge in [0.1, 0.15) is 5.82 Å². The Morgan fingerprint density at radius 2 is 1.81 bits per heavy atom. The highest BCUT2D eigenvalue weighted by Crippen LogP contribution is 2.44. The minimum atomic E-state index is 0.578. The summed E-state index contributed by atoms with van der Waals surface area (Å²) in [7, 11) is 5.97. The molecule has 0 saturated heterocycles. The second kappa shape index (κ2) is 5.64. The summed E-state index contributed by atoms with van der Waals surface area (Å²) in [5.41, 5.74) is 3.35. The lowest BCUT2D eigenvalue weighted by Gasteiger charge is -2.14. The van der Waals surface area contributed by atoms with E-state index < -0.39 is 0 Å². The number of aromatic nitrogens is 2. The first-order valence-corrected chi connectivity index (χ1v) is 7.92. The van der Waals surface area contributed by atoms with Crippen LogP contribution in [0.4, 0.5) is 11.5 Å². The predicted octanol–water partition coefficient (Wildman–Crippen LogP) is 3.89. The summed E-state index contributed by atoms with van der Waals surface area (Å²) in [5.74, 6) is 2.22. The first-order valence-electron chi connectivity index (χ1n) is 7.13. The summed E-state index contributed by atoms with van der Waals surface area (Å²) in [6.07, 6.45) is 2.44. The van der Waals surface area contributed by atoms with Gasteiger partial charge in [0, 0.05) is 38.3 Å². The third kappa shape index (κ3) is 2.88. The molecule has 4 nitrogen and oxygen atoms in total. The molecular weight excluding hydrogens is 328 g/mol. The maximum absolute atomic E-state index is 4.78. The zero-order valence-electron chi connectivity index (χ0n) is 12.5. The highest BCUT2D eigenvalue weighted by molar-refractivity contribution is 9.10. The lowest BCUT2D eigenvalue weighted by atomic mass is 10.1. The molecule has 5 heteroatoms. The molecule has 1 fully saturated rings. The van der Waals surface area contributed by atoms with E-state index in [1.807, 2.05) is 21.1 Å². The van der Waals surface area contributed by atoms with E-state index in [9.17, 15) is 0 Å². The molecule has 110 valence electrons. The average Bonchev–Trinajstić information content (AvgIpc) is 3.32. The van der Waals surface area contributed by atoms with Crippen LogP contribution in [0.2, 0.25) is 0 Å². The Hall–Kier alpha value is -1.62. The van der Waals surface area contributed by atoms with Crippen molar-refractivity contribution < 1.29 is 0 Å². The fourth-order valence-corrected chi connectivity index (χ4v) is 2.99. The topological polar surface area (TPSA) is 41.1 Å². The molecule has 3 rings (SSSR count). The predicted molar refractivity (Wildman–Crippen MR) is 91.0 cm³/mol. The summed E-state index contributed by atoms with van der Waals surface area (Å²) in [6, 6.07) is 8.34. The molecule has 0 atom stereocenters. The van der Waals surface area contributed by atoms with Crippen LogP contribution < -0.4 is 10.2 Å². The van der Waals surface area contributed by atoms with Crippen LogP contribution in [0.25, 0.3) is 11.4 Å². The van der Waals surface area contributed by atoms with Crippen LogP contribution in [0.5, 0.6) is 0 Å². The molecule has 1 N–H and O–H groups in total. The molecule has 0 bridgehead atoms. The molecule has 0 spiro atoms. The van der Waals surface area contributed by atoms with E-state index in [1.54, 1.807) is 0 Å². The lowest BCUT2D eigenvalue weighted by Crippen LogP contribution is -2.08. The average molecular weight is 347 g/mol. The molecule has 1 aliphatic carbocycles. The lowest BCUT2D eigenvalue weighted by molar-refractivity contribution is 0.980. The molecule has 2 aromatic rings. The second-order valence-electron chi connectivity index (χ2n) is 5.56. The molecule has 0 aliphatic heterocycles. The fourth-order valence-electron chi connectivity index (χ4n) is 2.30. The summed E-state index contributed by atoms with van der Waals surface area (Å²) in [6.45, 7) is 0. The van der Waals surface area contributed by atoms with Crippen molar-refractivity contribution in [2.75, 3.05) is 31.4 Å². The number of benzene rings is 1. The van der Waals surface area contributed by atoms with Crippen molar-refractivity contribution in [1.82, 2.24) is 9.97 Å². The van der Waals surface area contributed by atoms with Gasteiger partial charge in [-0.1, -0.05) is 0 Å². The Morgan fingerprint density at radius 1 is 1.14 bits per heavy atom. The van der Waals surface area contributed by atoms with Gasteiger partial charge in [0.2, 0.25) is 0 Å².